The van der Waals surface area contributed by atoms with Gasteiger partial charge in [0.2, 0.25) is 5.91 Å². The number of amides is 2. The molecule has 3 atom stereocenters. The SMILES string of the molecule is CO[C@H]1CC[C@@H]2CCN(C)C(=O)CC3(CCCCC3)CN(C)C(=O)c3cc(C#N)ccc3OC[C@H]1O2. The van der Waals surface area contributed by atoms with Crippen molar-refractivity contribution in [2.75, 3.05) is 40.9 Å². The number of nitriles is 1. The van der Waals surface area contributed by atoms with E-state index in [2.05, 4.69) is 6.07 Å². The summed E-state index contributed by atoms with van der Waals surface area (Å²) in [5.74, 6) is 0.361. The minimum atomic E-state index is -0.288. The summed E-state index contributed by atoms with van der Waals surface area (Å²) in [6.07, 6.45) is 7.68. The number of carbonyl (C=O) groups excluding carboxylic acids is 2. The zero-order valence-electron chi connectivity index (χ0n) is 21.8. The van der Waals surface area contributed by atoms with Gasteiger partial charge in [0.25, 0.3) is 5.91 Å². The molecule has 1 aromatic rings. The van der Waals surface area contributed by atoms with Gasteiger partial charge in [-0.1, -0.05) is 19.3 Å². The highest BCUT2D eigenvalue weighted by Crippen LogP contribution is 2.41. The highest BCUT2D eigenvalue weighted by Gasteiger charge is 2.38. The molecule has 8 heteroatoms. The van der Waals surface area contributed by atoms with E-state index in [1.54, 1.807) is 37.3 Å². The Morgan fingerprint density at radius 1 is 1.08 bits per heavy atom. The van der Waals surface area contributed by atoms with E-state index in [-0.39, 0.29) is 42.1 Å². The minimum Gasteiger partial charge on any atom is -0.490 e. The van der Waals surface area contributed by atoms with Crippen molar-refractivity contribution in [1.82, 2.24) is 9.80 Å². The number of ether oxygens (including phenoxy) is 3. The van der Waals surface area contributed by atoms with Crippen molar-refractivity contribution in [3.63, 3.8) is 0 Å². The summed E-state index contributed by atoms with van der Waals surface area (Å²) in [7, 11) is 5.33. The predicted octanol–water partition coefficient (Wildman–Crippen LogP) is 3.77. The summed E-state index contributed by atoms with van der Waals surface area (Å²) in [5, 5.41) is 9.47. The first-order valence-corrected chi connectivity index (χ1v) is 13.2. The van der Waals surface area contributed by atoms with Crippen molar-refractivity contribution < 1.29 is 23.8 Å². The summed E-state index contributed by atoms with van der Waals surface area (Å²) in [4.78, 5) is 30.6. The van der Waals surface area contributed by atoms with E-state index < -0.39 is 0 Å². The van der Waals surface area contributed by atoms with E-state index in [0.29, 0.717) is 36.4 Å². The number of benzene rings is 1. The first kappa shape index (κ1) is 26.4. The second-order valence-electron chi connectivity index (χ2n) is 10.8. The fraction of sp³-hybridized carbons (Fsp3) is 0.679. The number of hydrogen-bond acceptors (Lipinski definition) is 6. The second kappa shape index (κ2) is 11.6. The first-order valence-electron chi connectivity index (χ1n) is 13.2. The Morgan fingerprint density at radius 2 is 1.86 bits per heavy atom. The number of carbonyl (C=O) groups is 2. The highest BCUT2D eigenvalue weighted by atomic mass is 16.6. The molecule has 4 rings (SSSR count). The van der Waals surface area contributed by atoms with Crippen LogP contribution in [0.3, 0.4) is 0 Å². The average Bonchev–Trinajstić information content (AvgIpc) is 2.89. The molecule has 0 aromatic heterocycles. The molecule has 1 aliphatic carbocycles. The van der Waals surface area contributed by atoms with Gasteiger partial charge < -0.3 is 24.0 Å². The van der Waals surface area contributed by atoms with Crippen LogP contribution in [0.15, 0.2) is 18.2 Å². The third-order valence-corrected chi connectivity index (χ3v) is 8.17. The van der Waals surface area contributed by atoms with Gasteiger partial charge in [0.1, 0.15) is 18.5 Å². The molecule has 0 unspecified atom stereocenters. The van der Waals surface area contributed by atoms with Crippen molar-refractivity contribution in [2.45, 2.75) is 76.1 Å². The number of methoxy groups -OCH3 is 1. The fourth-order valence-electron chi connectivity index (χ4n) is 6.02. The zero-order chi connectivity index (χ0) is 25.7. The van der Waals surface area contributed by atoms with Crippen LogP contribution in [0.4, 0.5) is 0 Å². The molecular formula is C28H39N3O5. The highest BCUT2D eigenvalue weighted by molar-refractivity contribution is 5.97. The molecule has 2 fully saturated rings. The van der Waals surface area contributed by atoms with E-state index in [0.717, 1.165) is 51.4 Å². The van der Waals surface area contributed by atoms with Crippen LogP contribution in [0.25, 0.3) is 0 Å². The summed E-state index contributed by atoms with van der Waals surface area (Å²) >= 11 is 0. The van der Waals surface area contributed by atoms with Gasteiger partial charge >= 0.3 is 0 Å². The zero-order valence-corrected chi connectivity index (χ0v) is 21.8. The van der Waals surface area contributed by atoms with Gasteiger partial charge in [-0.15, -0.1) is 0 Å². The molecule has 36 heavy (non-hydrogen) atoms. The van der Waals surface area contributed by atoms with E-state index in [1.165, 1.54) is 0 Å². The Hall–Kier alpha value is -2.63. The van der Waals surface area contributed by atoms with Crippen LogP contribution < -0.4 is 4.74 Å². The van der Waals surface area contributed by atoms with Crippen molar-refractivity contribution >= 4 is 11.8 Å². The summed E-state index contributed by atoms with van der Waals surface area (Å²) in [6.45, 7) is 1.38. The molecule has 196 valence electrons. The van der Waals surface area contributed by atoms with Crippen LogP contribution >= 0.6 is 0 Å². The topological polar surface area (TPSA) is 92.1 Å². The molecule has 1 saturated heterocycles. The Balaban J connectivity index is 1.67. The van der Waals surface area contributed by atoms with Crippen molar-refractivity contribution in [1.29, 1.82) is 5.26 Å². The van der Waals surface area contributed by atoms with Gasteiger partial charge in [0.05, 0.1) is 29.4 Å². The maximum atomic E-state index is 13.7. The van der Waals surface area contributed by atoms with Crippen molar-refractivity contribution in [3.8, 4) is 11.8 Å². The van der Waals surface area contributed by atoms with Crippen molar-refractivity contribution in [3.05, 3.63) is 29.3 Å². The summed E-state index contributed by atoms with van der Waals surface area (Å²) in [6, 6.07) is 7.09. The van der Waals surface area contributed by atoms with Crippen LogP contribution in [-0.2, 0) is 14.3 Å². The molecule has 1 spiro atoms. The first-order chi connectivity index (χ1) is 17.3. The van der Waals surface area contributed by atoms with Gasteiger partial charge in [0.15, 0.2) is 0 Å². The molecule has 1 saturated carbocycles. The van der Waals surface area contributed by atoms with E-state index in [9.17, 15) is 14.9 Å². The average molecular weight is 498 g/mol. The van der Waals surface area contributed by atoms with Crippen LogP contribution in [0.1, 0.15) is 73.7 Å². The van der Waals surface area contributed by atoms with Gasteiger partial charge in [-0.25, -0.2) is 0 Å². The number of hydrogen-bond donors (Lipinski definition) is 0. The standard InChI is InChI=1S/C28H39N3O5/c1-30-14-11-21-8-10-24(34-3)25(36-21)18-35-23-9-7-20(17-29)15-22(23)27(33)31(2)19-28(16-26(30)32)12-5-4-6-13-28/h7,9,15,21,24-25H,4-6,8,10-14,16,18-19H2,1-3H3/t21-,24+,25-/m1/s1. The maximum Gasteiger partial charge on any atom is 0.257 e. The molecule has 0 radical (unpaired) electrons. The lowest BCUT2D eigenvalue weighted by atomic mass is 9.71. The van der Waals surface area contributed by atoms with Crippen LogP contribution in [-0.4, -0.2) is 80.8 Å². The van der Waals surface area contributed by atoms with Gasteiger partial charge in [0, 0.05) is 40.7 Å². The third-order valence-electron chi connectivity index (χ3n) is 8.17. The van der Waals surface area contributed by atoms with Gasteiger partial charge in [-0.2, -0.15) is 5.26 Å². The van der Waals surface area contributed by atoms with E-state index >= 15 is 0 Å². The Kier molecular flexibility index (Phi) is 8.53. The lowest BCUT2D eigenvalue weighted by molar-refractivity contribution is -0.146. The van der Waals surface area contributed by atoms with E-state index in [4.69, 9.17) is 14.2 Å². The number of rotatable bonds is 1. The quantitative estimate of drug-likeness (QED) is 0.587. The number of fused-ring (bicyclic) bond motifs is 3. The molecule has 8 nitrogen and oxygen atoms in total. The lowest BCUT2D eigenvalue weighted by Gasteiger charge is -2.41. The molecule has 2 bridgehead atoms. The van der Waals surface area contributed by atoms with Gasteiger partial charge in [-0.3, -0.25) is 9.59 Å². The molecule has 1 aromatic carbocycles. The Morgan fingerprint density at radius 3 is 2.58 bits per heavy atom. The normalized spacial score (nSPS) is 27.8. The Bertz CT molecular complexity index is 984. The van der Waals surface area contributed by atoms with Crippen molar-refractivity contribution in [2.24, 2.45) is 5.41 Å². The predicted molar refractivity (Wildman–Crippen MR) is 135 cm³/mol. The molecule has 0 N–H and O–H groups in total. The van der Waals surface area contributed by atoms with E-state index in [1.807, 2.05) is 11.9 Å². The molecule has 2 aliphatic heterocycles. The maximum absolute atomic E-state index is 13.7. The fourth-order valence-corrected chi connectivity index (χ4v) is 6.02. The molecule has 2 amide bonds. The molecule has 2 heterocycles. The van der Waals surface area contributed by atoms with Crippen LogP contribution in [0.5, 0.6) is 5.75 Å². The minimum absolute atomic E-state index is 0.0185. The summed E-state index contributed by atoms with van der Waals surface area (Å²) in [5.41, 5.74) is 0.526. The largest absolute Gasteiger partial charge is 0.490 e. The second-order valence-corrected chi connectivity index (χ2v) is 10.8. The van der Waals surface area contributed by atoms with Gasteiger partial charge in [-0.05, 0) is 55.7 Å². The third kappa shape index (κ3) is 6.01. The molecule has 3 aliphatic rings. The smallest absolute Gasteiger partial charge is 0.257 e. The summed E-state index contributed by atoms with van der Waals surface area (Å²) < 4.78 is 18.2. The van der Waals surface area contributed by atoms with Crippen LogP contribution in [0.2, 0.25) is 0 Å². The van der Waals surface area contributed by atoms with Crippen LogP contribution in [0, 0.1) is 16.7 Å². The lowest BCUT2D eigenvalue weighted by Crippen LogP contribution is -2.46. The Labute approximate surface area is 214 Å². The monoisotopic (exact) mass is 497 g/mol. The molecular weight excluding hydrogens is 458 g/mol. The number of nitrogens with zero attached hydrogens (tertiary/aromatic N) is 3.